The molecule has 0 unspecified atom stereocenters. The lowest BCUT2D eigenvalue weighted by Crippen LogP contribution is -2.63. The second-order valence-electron chi connectivity index (χ2n) is 18.5. The number of aliphatic carboxylic acids is 1. The molecule has 18 atom stereocenters. The zero-order valence-corrected chi connectivity index (χ0v) is 36.1. The molecule has 5 aliphatic heterocycles. The number of ether oxygens (including phenoxy) is 6. The van der Waals surface area contributed by atoms with Crippen molar-refractivity contribution in [2.75, 3.05) is 0 Å². The third kappa shape index (κ3) is 8.84. The lowest BCUT2D eigenvalue weighted by molar-refractivity contribution is -0.408. The number of hydrogen-bond donors (Lipinski definition) is 3. The van der Waals surface area contributed by atoms with Crippen LogP contribution >= 0.6 is 0 Å². The van der Waals surface area contributed by atoms with E-state index >= 15 is 0 Å². The largest absolute Gasteiger partial charge is 0.481 e. The number of rotatable bonds is 14. The molecule has 2 spiro atoms. The molecule has 5 heterocycles. The molecule has 5 aliphatic rings. The highest BCUT2D eigenvalue weighted by Crippen LogP contribution is 2.54. The van der Waals surface area contributed by atoms with Crippen molar-refractivity contribution in [2.24, 2.45) is 41.4 Å². The summed E-state index contributed by atoms with van der Waals surface area (Å²) >= 11 is 0. The number of ketones is 1. The molecule has 3 N–H and O–H groups in total. The molecule has 12 heteroatoms. The van der Waals surface area contributed by atoms with Crippen molar-refractivity contribution in [1.29, 1.82) is 0 Å². The number of carbonyl (C=O) groups is 3. The van der Waals surface area contributed by atoms with E-state index < -0.39 is 95.0 Å². The maximum Gasteiger partial charge on any atom is 0.330 e. The Morgan fingerprint density at radius 3 is 2.21 bits per heavy atom. The summed E-state index contributed by atoms with van der Waals surface area (Å²) < 4.78 is 39.9. The van der Waals surface area contributed by atoms with Crippen LogP contribution in [0.4, 0.5) is 0 Å². The quantitative estimate of drug-likeness (QED) is 0.0944. The monoisotopic (exact) mass is 805 g/mol. The van der Waals surface area contributed by atoms with Gasteiger partial charge in [0.1, 0.15) is 5.78 Å². The van der Waals surface area contributed by atoms with Crippen molar-refractivity contribution in [3.8, 4) is 0 Å². The Balaban J connectivity index is 1.37. The van der Waals surface area contributed by atoms with Crippen LogP contribution in [0.25, 0.3) is 0 Å². The van der Waals surface area contributed by atoms with Crippen LogP contribution < -0.4 is 0 Å². The normalized spacial score (nSPS) is 43.5. The van der Waals surface area contributed by atoms with Gasteiger partial charge in [-0.25, -0.2) is 4.79 Å². The van der Waals surface area contributed by atoms with Crippen LogP contribution in [0.3, 0.4) is 0 Å². The fourth-order valence-electron chi connectivity index (χ4n) is 10.8. The van der Waals surface area contributed by atoms with Crippen LogP contribution in [-0.2, 0) is 42.8 Å². The minimum atomic E-state index is -1.43. The van der Waals surface area contributed by atoms with Crippen molar-refractivity contribution in [3.05, 3.63) is 24.8 Å². The molecule has 0 saturated carbocycles. The van der Waals surface area contributed by atoms with Crippen LogP contribution in [0.5, 0.6) is 0 Å². The number of hydrogen-bond acceptors (Lipinski definition) is 11. The number of carboxylic acid groups (broad SMARTS) is 1. The minimum absolute atomic E-state index is 0.0285. The highest BCUT2D eigenvalue weighted by atomic mass is 16.8. The van der Waals surface area contributed by atoms with E-state index in [0.29, 0.717) is 57.8 Å². The van der Waals surface area contributed by atoms with E-state index in [2.05, 4.69) is 27.4 Å². The van der Waals surface area contributed by atoms with Gasteiger partial charge in [-0.15, -0.1) is 0 Å². The first-order valence-corrected chi connectivity index (χ1v) is 21.8. The summed E-state index contributed by atoms with van der Waals surface area (Å²) in [6.45, 7) is 23.1. The number of aliphatic hydroxyl groups is 2. The molecule has 5 rings (SSSR count). The average molecular weight is 805 g/mol. The highest BCUT2D eigenvalue weighted by Gasteiger charge is 2.64. The third-order valence-corrected chi connectivity index (χ3v) is 14.8. The van der Waals surface area contributed by atoms with E-state index in [1.165, 1.54) is 0 Å². The smallest absolute Gasteiger partial charge is 0.330 e. The maximum absolute atomic E-state index is 14.6. The Kier molecular flexibility index (Phi) is 14.3. The number of aliphatic hydroxyl groups excluding tert-OH is 1. The van der Waals surface area contributed by atoms with Crippen molar-refractivity contribution >= 4 is 17.7 Å². The molecule has 0 bridgehead atoms. The van der Waals surface area contributed by atoms with E-state index in [1.807, 2.05) is 41.5 Å². The molecule has 4 saturated heterocycles. The van der Waals surface area contributed by atoms with Crippen molar-refractivity contribution in [3.63, 3.8) is 0 Å². The fourth-order valence-corrected chi connectivity index (χ4v) is 10.8. The van der Waals surface area contributed by atoms with Gasteiger partial charge >= 0.3 is 11.9 Å². The highest BCUT2D eigenvalue weighted by molar-refractivity contribution is 5.84. The zero-order valence-electron chi connectivity index (χ0n) is 36.1. The Bertz CT molecular complexity index is 1480. The minimum Gasteiger partial charge on any atom is -0.481 e. The predicted octanol–water partition coefficient (Wildman–Crippen LogP) is 6.92. The van der Waals surface area contributed by atoms with Gasteiger partial charge in [0.25, 0.3) is 0 Å². The van der Waals surface area contributed by atoms with Gasteiger partial charge in [-0.2, -0.15) is 0 Å². The Morgan fingerprint density at radius 2 is 1.61 bits per heavy atom. The van der Waals surface area contributed by atoms with Crippen molar-refractivity contribution in [2.45, 2.75) is 199 Å². The molecular formula is C45H72O12. The molecular weight excluding hydrogens is 732 g/mol. The SMILES string of the molecule is C=CC(=O)O[C@@H]1C=C[C@]2(O[C@H]([C@@H](CC)C(=O)[C@@H](C)[C@@H](O)[C@H](C)[C@@H]3O[C@@H]([C@@H](CC)C(=O)O)CC[C@@H]3C)[C@@H](C)C[C@H]2C)O[C@@]12CC[C@@](C)([C@H]1CC[C@](O)(CC)[C@H](C)O1)O2. The van der Waals surface area contributed by atoms with E-state index in [4.69, 9.17) is 28.4 Å². The Labute approximate surface area is 340 Å². The number of esters is 1. The van der Waals surface area contributed by atoms with Crippen molar-refractivity contribution in [1.82, 2.24) is 0 Å². The van der Waals surface area contributed by atoms with Crippen molar-refractivity contribution < 1.29 is 58.1 Å². The number of carboxylic acids is 1. The Morgan fingerprint density at radius 1 is 0.930 bits per heavy atom. The fraction of sp³-hybridized carbons (Fsp3) is 0.844. The summed E-state index contributed by atoms with van der Waals surface area (Å²) in [5.74, 6) is -6.80. The summed E-state index contributed by atoms with van der Waals surface area (Å²) in [6, 6.07) is 0. The molecule has 0 aromatic heterocycles. The lowest BCUT2D eigenvalue weighted by Gasteiger charge is -2.54. The van der Waals surface area contributed by atoms with Gasteiger partial charge in [-0.1, -0.05) is 62.0 Å². The van der Waals surface area contributed by atoms with Crippen LogP contribution in [0, 0.1) is 41.4 Å². The van der Waals surface area contributed by atoms with Gasteiger partial charge in [-0.3, -0.25) is 9.59 Å². The predicted molar refractivity (Wildman–Crippen MR) is 213 cm³/mol. The van der Waals surface area contributed by atoms with Gasteiger partial charge in [0.15, 0.2) is 11.9 Å². The molecule has 0 radical (unpaired) electrons. The molecule has 4 fully saturated rings. The first-order valence-electron chi connectivity index (χ1n) is 21.8. The topological polar surface area (TPSA) is 167 Å². The molecule has 12 nitrogen and oxygen atoms in total. The first kappa shape index (κ1) is 45.9. The lowest BCUT2D eigenvalue weighted by atomic mass is 9.72. The molecule has 0 aliphatic carbocycles. The van der Waals surface area contributed by atoms with Gasteiger partial charge in [0, 0.05) is 36.2 Å². The second kappa shape index (κ2) is 17.8. The summed E-state index contributed by atoms with van der Waals surface area (Å²) in [7, 11) is 0. The third-order valence-electron chi connectivity index (χ3n) is 14.8. The summed E-state index contributed by atoms with van der Waals surface area (Å²) in [4.78, 5) is 39.2. The summed E-state index contributed by atoms with van der Waals surface area (Å²) in [5, 5.41) is 32.7. The molecule has 0 aromatic carbocycles. The summed E-state index contributed by atoms with van der Waals surface area (Å²) in [6.07, 6.45) is 6.30. The Hall–Kier alpha value is -2.19. The molecule has 0 aromatic rings. The molecule has 0 amide bonds. The van der Waals surface area contributed by atoms with Gasteiger partial charge < -0.3 is 43.7 Å². The van der Waals surface area contributed by atoms with Gasteiger partial charge in [0.2, 0.25) is 5.79 Å². The van der Waals surface area contributed by atoms with Crippen LogP contribution in [0.1, 0.15) is 133 Å². The van der Waals surface area contributed by atoms with E-state index in [0.717, 1.165) is 12.5 Å². The standard InChI is InChI=1S/C45H72O12/c1-12-31(41(49)50)33-17-16-25(5)39(53-33)29(9)37(47)28(8)38(48)32(13-2)40-26(6)24-27(7)44(55-40)21-19-35(54-36(46)14-3)45(57-44)23-22-42(11,56-45)34-18-20-43(51,15-4)30(10)52-34/h14,19,21,25-35,37,39-40,47,51H,3,12-13,15-18,20,22-24H2,1-2,4-11H3,(H,49,50)/t25-,26-,27+,28-,29-,30-,31+,32-,33+,34+,35+,37+,39+,40-,42-,43+,44-,45-/m0/s1. The zero-order chi connectivity index (χ0) is 42.2. The van der Waals surface area contributed by atoms with Gasteiger partial charge in [-0.05, 0) is 95.6 Å². The molecule has 324 valence electrons. The van der Waals surface area contributed by atoms with Gasteiger partial charge in [0.05, 0.1) is 53.7 Å². The van der Waals surface area contributed by atoms with Crippen LogP contribution in [-0.4, -0.2) is 98.5 Å². The van der Waals surface area contributed by atoms with E-state index in [9.17, 15) is 29.7 Å². The molecule has 57 heavy (non-hydrogen) atoms. The van der Waals surface area contributed by atoms with E-state index in [-0.39, 0.29) is 29.6 Å². The first-order chi connectivity index (χ1) is 26.7. The van der Waals surface area contributed by atoms with E-state index in [1.54, 1.807) is 19.1 Å². The second-order valence-corrected chi connectivity index (χ2v) is 18.5. The number of Topliss-reactive ketones (excluding diaryl/α,β-unsaturated/α-hetero) is 1. The maximum atomic E-state index is 14.6. The summed E-state index contributed by atoms with van der Waals surface area (Å²) in [5.41, 5.74) is -1.74. The van der Waals surface area contributed by atoms with Crippen LogP contribution in [0.2, 0.25) is 0 Å². The number of carbonyl (C=O) groups excluding carboxylic acids is 2. The average Bonchev–Trinajstić information content (AvgIpc) is 3.52. The van der Waals surface area contributed by atoms with Crippen LogP contribution in [0.15, 0.2) is 24.8 Å².